The van der Waals surface area contributed by atoms with Crippen molar-refractivity contribution in [3.63, 3.8) is 0 Å². The molecule has 0 radical (unpaired) electrons. The zero-order valence-electron chi connectivity index (χ0n) is 9.79. The smallest absolute Gasteiger partial charge is 0.246 e. The molecule has 1 aliphatic carbocycles. The van der Waals surface area contributed by atoms with E-state index in [0.29, 0.717) is 5.92 Å². The van der Waals surface area contributed by atoms with Crippen LogP contribution in [0.4, 0.5) is 0 Å². The van der Waals surface area contributed by atoms with Crippen molar-refractivity contribution in [1.29, 1.82) is 0 Å². The highest BCUT2D eigenvalue weighted by atomic mass is 32.2. The molecule has 0 amide bonds. The van der Waals surface area contributed by atoms with Crippen molar-refractivity contribution in [2.75, 3.05) is 7.05 Å². The van der Waals surface area contributed by atoms with Gasteiger partial charge in [0, 0.05) is 26.3 Å². The highest BCUT2D eigenvalue weighted by Gasteiger charge is 2.36. The Labute approximate surface area is 96.1 Å². The van der Waals surface area contributed by atoms with Crippen LogP contribution in [0.15, 0.2) is 17.3 Å². The van der Waals surface area contributed by atoms with E-state index in [9.17, 15) is 8.42 Å². The summed E-state index contributed by atoms with van der Waals surface area (Å²) in [6.45, 7) is 1.96. The molecule has 0 saturated heterocycles. The van der Waals surface area contributed by atoms with Crippen LogP contribution in [0.3, 0.4) is 0 Å². The summed E-state index contributed by atoms with van der Waals surface area (Å²) in [4.78, 5) is 0.269. The largest absolute Gasteiger partial charge is 0.274 e. The minimum absolute atomic E-state index is 0.0743. The molecule has 0 N–H and O–H groups in total. The fraction of sp³-hybridized carbons (Fsp3) is 0.700. The van der Waals surface area contributed by atoms with Crippen LogP contribution in [0.5, 0.6) is 0 Å². The summed E-state index contributed by atoms with van der Waals surface area (Å²) >= 11 is 0. The van der Waals surface area contributed by atoms with Crippen molar-refractivity contribution in [3.8, 4) is 0 Å². The Balaban J connectivity index is 2.24. The molecule has 1 aliphatic rings. The van der Waals surface area contributed by atoms with Gasteiger partial charge in [-0.25, -0.2) is 8.42 Å². The zero-order chi connectivity index (χ0) is 11.9. The highest BCUT2D eigenvalue weighted by Crippen LogP contribution is 2.36. The summed E-state index contributed by atoms with van der Waals surface area (Å²) in [5, 5.41) is 3.90. The number of hydrogen-bond donors (Lipinski definition) is 0. The van der Waals surface area contributed by atoms with Crippen LogP contribution in [-0.2, 0) is 17.1 Å². The molecule has 2 rings (SSSR count). The highest BCUT2D eigenvalue weighted by molar-refractivity contribution is 7.89. The van der Waals surface area contributed by atoms with Crippen LogP contribution in [0.1, 0.15) is 19.8 Å². The molecule has 16 heavy (non-hydrogen) atoms. The van der Waals surface area contributed by atoms with Gasteiger partial charge in [0.25, 0.3) is 0 Å². The molecule has 1 aromatic heterocycles. The molecule has 0 aliphatic heterocycles. The van der Waals surface area contributed by atoms with E-state index in [1.807, 2.05) is 6.92 Å². The van der Waals surface area contributed by atoms with Gasteiger partial charge in [-0.1, -0.05) is 0 Å². The molecule has 6 heteroatoms. The summed E-state index contributed by atoms with van der Waals surface area (Å²) in [6.07, 6.45) is 5.19. The van der Waals surface area contributed by atoms with Gasteiger partial charge < -0.3 is 0 Å². The quantitative estimate of drug-likeness (QED) is 0.787. The summed E-state index contributed by atoms with van der Waals surface area (Å²) in [7, 11) is -0.0166. The average Bonchev–Trinajstić information content (AvgIpc) is 2.98. The molecule has 1 heterocycles. The zero-order valence-corrected chi connectivity index (χ0v) is 10.6. The van der Waals surface area contributed by atoms with Crippen molar-refractivity contribution in [3.05, 3.63) is 12.4 Å². The lowest BCUT2D eigenvalue weighted by Gasteiger charge is -2.23. The predicted molar refractivity (Wildman–Crippen MR) is 60.3 cm³/mol. The Morgan fingerprint density at radius 3 is 2.62 bits per heavy atom. The molecule has 1 aromatic rings. The lowest BCUT2D eigenvalue weighted by molar-refractivity contribution is 0.357. The summed E-state index contributed by atoms with van der Waals surface area (Å²) in [6, 6.07) is 0.0743. The predicted octanol–water partition coefficient (Wildman–Crippen LogP) is 0.839. The third kappa shape index (κ3) is 1.99. The number of rotatable bonds is 4. The maximum Gasteiger partial charge on any atom is 0.246 e. The lowest BCUT2D eigenvalue weighted by Crippen LogP contribution is -2.36. The van der Waals surface area contributed by atoms with Crippen molar-refractivity contribution in [2.24, 2.45) is 13.0 Å². The van der Waals surface area contributed by atoms with Crippen LogP contribution in [0.25, 0.3) is 0 Å². The standard InChI is InChI=1S/C10H17N3O2S/c1-8(9-4-5-9)13(3)16(14,15)10-6-11-12(2)7-10/h6-9H,4-5H2,1-3H3. The monoisotopic (exact) mass is 243 g/mol. The van der Waals surface area contributed by atoms with Crippen molar-refractivity contribution >= 4 is 10.0 Å². The van der Waals surface area contributed by atoms with Crippen molar-refractivity contribution in [1.82, 2.24) is 14.1 Å². The Bertz CT molecular complexity index is 476. The Morgan fingerprint density at radius 1 is 1.56 bits per heavy atom. The second-order valence-electron chi connectivity index (χ2n) is 4.45. The Morgan fingerprint density at radius 2 is 2.19 bits per heavy atom. The van der Waals surface area contributed by atoms with Gasteiger partial charge in [-0.15, -0.1) is 0 Å². The first kappa shape index (κ1) is 11.6. The van der Waals surface area contributed by atoms with Crippen LogP contribution in [-0.4, -0.2) is 35.6 Å². The van der Waals surface area contributed by atoms with Gasteiger partial charge >= 0.3 is 0 Å². The lowest BCUT2D eigenvalue weighted by atomic mass is 10.2. The SMILES string of the molecule is CC(C1CC1)N(C)S(=O)(=O)c1cnn(C)c1. The third-order valence-corrected chi connectivity index (χ3v) is 5.13. The van der Waals surface area contributed by atoms with E-state index >= 15 is 0 Å². The summed E-state index contributed by atoms with van der Waals surface area (Å²) in [5.41, 5.74) is 0. The van der Waals surface area contributed by atoms with Gasteiger partial charge in [0.2, 0.25) is 10.0 Å². The first-order chi connectivity index (χ1) is 7.43. The van der Waals surface area contributed by atoms with E-state index in [1.54, 1.807) is 14.1 Å². The number of hydrogen-bond acceptors (Lipinski definition) is 3. The Kier molecular flexibility index (Phi) is 2.79. The molecule has 1 unspecified atom stereocenters. The number of aryl methyl sites for hydroxylation is 1. The van der Waals surface area contributed by atoms with E-state index < -0.39 is 10.0 Å². The minimum atomic E-state index is -3.37. The van der Waals surface area contributed by atoms with E-state index in [0.717, 1.165) is 12.8 Å². The molecule has 1 fully saturated rings. The Hall–Kier alpha value is -0.880. The maximum absolute atomic E-state index is 12.2. The van der Waals surface area contributed by atoms with Crippen LogP contribution in [0.2, 0.25) is 0 Å². The van der Waals surface area contributed by atoms with Crippen molar-refractivity contribution < 1.29 is 8.42 Å². The van der Waals surface area contributed by atoms with Crippen LogP contribution >= 0.6 is 0 Å². The number of sulfonamides is 1. The second-order valence-corrected chi connectivity index (χ2v) is 6.45. The van der Waals surface area contributed by atoms with E-state index in [2.05, 4.69) is 5.10 Å². The topological polar surface area (TPSA) is 55.2 Å². The van der Waals surface area contributed by atoms with Crippen molar-refractivity contribution in [2.45, 2.75) is 30.7 Å². The minimum Gasteiger partial charge on any atom is -0.274 e. The molecule has 0 spiro atoms. The molecule has 5 nitrogen and oxygen atoms in total. The normalized spacial score (nSPS) is 19.0. The molecule has 1 atom stereocenters. The number of aromatic nitrogens is 2. The van der Waals surface area contributed by atoms with E-state index in [1.165, 1.54) is 21.4 Å². The first-order valence-corrected chi connectivity index (χ1v) is 6.83. The van der Waals surface area contributed by atoms with Gasteiger partial charge in [0.05, 0.1) is 6.20 Å². The summed E-state index contributed by atoms with van der Waals surface area (Å²) < 4.78 is 27.3. The maximum atomic E-state index is 12.2. The van der Waals surface area contributed by atoms with Gasteiger partial charge in [-0.05, 0) is 25.7 Å². The second kappa shape index (κ2) is 3.85. The molecule has 0 bridgehead atoms. The van der Waals surface area contributed by atoms with Gasteiger partial charge in [-0.2, -0.15) is 9.40 Å². The molecule has 0 aromatic carbocycles. The van der Waals surface area contributed by atoms with E-state index in [4.69, 9.17) is 0 Å². The van der Waals surface area contributed by atoms with Crippen LogP contribution in [0, 0.1) is 5.92 Å². The van der Waals surface area contributed by atoms with Gasteiger partial charge in [-0.3, -0.25) is 4.68 Å². The summed E-state index contributed by atoms with van der Waals surface area (Å²) in [5.74, 6) is 0.524. The molecular weight excluding hydrogens is 226 g/mol. The first-order valence-electron chi connectivity index (χ1n) is 5.39. The fourth-order valence-corrected chi connectivity index (χ4v) is 3.20. The van der Waals surface area contributed by atoms with Gasteiger partial charge in [0.15, 0.2) is 0 Å². The molecule has 90 valence electrons. The molecule has 1 saturated carbocycles. The third-order valence-electron chi connectivity index (χ3n) is 3.24. The molecular formula is C10H17N3O2S. The van der Waals surface area contributed by atoms with E-state index in [-0.39, 0.29) is 10.9 Å². The fourth-order valence-electron chi connectivity index (χ4n) is 1.79. The van der Waals surface area contributed by atoms with Crippen LogP contribution < -0.4 is 0 Å². The number of nitrogens with zero attached hydrogens (tertiary/aromatic N) is 3. The average molecular weight is 243 g/mol. The van der Waals surface area contributed by atoms with Gasteiger partial charge in [0.1, 0.15) is 4.90 Å².